The molecule has 222 valence electrons. The fraction of sp³-hybridized carbons (Fsp3) is 0.258. The van der Waals surface area contributed by atoms with Crippen LogP contribution >= 0.6 is 0 Å². The number of anilines is 1. The van der Waals surface area contributed by atoms with Crippen LogP contribution in [0.25, 0.3) is 27.7 Å². The number of fused-ring (bicyclic) bond motifs is 1. The van der Waals surface area contributed by atoms with Crippen molar-refractivity contribution in [1.29, 1.82) is 5.26 Å². The summed E-state index contributed by atoms with van der Waals surface area (Å²) in [5.41, 5.74) is -0.194. The summed E-state index contributed by atoms with van der Waals surface area (Å²) in [6.07, 6.45) is -0.656. The van der Waals surface area contributed by atoms with E-state index in [2.05, 4.69) is 10.3 Å². The number of rotatable bonds is 7. The zero-order valence-electron chi connectivity index (χ0n) is 24.7. The number of esters is 1. The number of carbonyl (C=O) groups excluding carboxylic acids is 2. The zero-order chi connectivity index (χ0) is 31.5. The Hall–Kier alpha value is -5.57. The Bertz CT molecular complexity index is 1790. The maximum Gasteiger partial charge on any atom is 0.412 e. The van der Waals surface area contributed by atoms with Crippen LogP contribution < -0.4 is 25.1 Å². The van der Waals surface area contributed by atoms with Gasteiger partial charge in [-0.15, -0.1) is 0 Å². The largest absolute Gasteiger partial charge is 0.493 e. The third kappa shape index (κ3) is 6.06. The summed E-state index contributed by atoms with van der Waals surface area (Å²) in [5.74, 6) is 0.113. The lowest BCUT2D eigenvalue weighted by Crippen LogP contribution is -2.28. The van der Waals surface area contributed by atoms with Gasteiger partial charge in [-0.1, -0.05) is 0 Å². The Morgan fingerprint density at radius 2 is 1.56 bits per heavy atom. The maximum atomic E-state index is 14.0. The standard InChI is InChI=1S/C31H30N4O8/c1-31(2,3)43-30(38)34-18-8-11-20(12-9-18)35-26(29(37)42-7)24(21-13-10-19(16-32)33-25(21)28(35)36)17-14-22(39-4)27(41-6)23(15-17)40-5/h8-15H,1-7H3,(H,34,38). The molecule has 0 spiro atoms. The minimum absolute atomic E-state index is 0.00900. The number of hydrogen-bond acceptors (Lipinski definition) is 10. The first-order chi connectivity index (χ1) is 20.5. The summed E-state index contributed by atoms with van der Waals surface area (Å²) in [4.78, 5) is 44.1. The van der Waals surface area contributed by atoms with Crippen LogP contribution in [0.2, 0.25) is 0 Å². The van der Waals surface area contributed by atoms with Gasteiger partial charge in [0.25, 0.3) is 5.56 Å². The molecule has 0 fully saturated rings. The van der Waals surface area contributed by atoms with E-state index >= 15 is 0 Å². The van der Waals surface area contributed by atoms with Crippen LogP contribution in [0.5, 0.6) is 17.2 Å². The van der Waals surface area contributed by atoms with E-state index in [1.165, 1.54) is 34.5 Å². The highest BCUT2D eigenvalue weighted by molar-refractivity contribution is 6.07. The number of ether oxygens (including phenoxy) is 5. The van der Waals surface area contributed by atoms with E-state index in [1.54, 1.807) is 63.2 Å². The second kappa shape index (κ2) is 12.1. The molecule has 0 saturated heterocycles. The highest BCUT2D eigenvalue weighted by Gasteiger charge is 2.28. The lowest BCUT2D eigenvalue weighted by molar-refractivity contribution is 0.0589. The summed E-state index contributed by atoms with van der Waals surface area (Å²) in [7, 11) is 5.57. The molecule has 0 aliphatic heterocycles. The second-order valence-electron chi connectivity index (χ2n) is 10.1. The minimum Gasteiger partial charge on any atom is -0.493 e. The molecule has 2 heterocycles. The summed E-state index contributed by atoms with van der Waals surface area (Å²) in [6, 6.07) is 14.4. The van der Waals surface area contributed by atoms with Gasteiger partial charge in [0.15, 0.2) is 11.5 Å². The van der Waals surface area contributed by atoms with Gasteiger partial charge in [-0.2, -0.15) is 5.26 Å². The highest BCUT2D eigenvalue weighted by atomic mass is 16.6. The molecule has 0 radical (unpaired) electrons. The molecule has 0 aliphatic rings. The summed E-state index contributed by atoms with van der Waals surface area (Å²) in [5, 5.41) is 12.4. The smallest absolute Gasteiger partial charge is 0.412 e. The Kier molecular flexibility index (Phi) is 8.56. The van der Waals surface area contributed by atoms with Crippen molar-refractivity contribution >= 4 is 28.7 Å². The van der Waals surface area contributed by atoms with Gasteiger partial charge in [-0.05, 0) is 74.9 Å². The molecule has 43 heavy (non-hydrogen) atoms. The monoisotopic (exact) mass is 586 g/mol. The van der Waals surface area contributed by atoms with Crippen LogP contribution in [0.1, 0.15) is 37.0 Å². The van der Waals surface area contributed by atoms with E-state index in [9.17, 15) is 19.6 Å². The predicted molar refractivity (Wildman–Crippen MR) is 158 cm³/mol. The third-order valence-electron chi connectivity index (χ3n) is 6.25. The average molecular weight is 587 g/mol. The van der Waals surface area contributed by atoms with Crippen LogP contribution in [0.15, 0.2) is 53.3 Å². The number of nitrogens with zero attached hydrogens (tertiary/aromatic N) is 3. The molecule has 4 aromatic rings. The van der Waals surface area contributed by atoms with Crippen molar-refractivity contribution in [3.63, 3.8) is 0 Å². The number of amides is 1. The van der Waals surface area contributed by atoms with Gasteiger partial charge in [0.2, 0.25) is 5.75 Å². The average Bonchev–Trinajstić information content (AvgIpc) is 2.99. The van der Waals surface area contributed by atoms with Crippen molar-refractivity contribution in [3.8, 4) is 40.1 Å². The van der Waals surface area contributed by atoms with Gasteiger partial charge in [-0.25, -0.2) is 14.6 Å². The minimum atomic E-state index is -0.817. The quantitative estimate of drug-likeness (QED) is 0.290. The number of nitriles is 1. The SMILES string of the molecule is COC(=O)c1c(-c2cc(OC)c(OC)c(OC)c2)c2ccc(C#N)nc2c(=O)n1-c1ccc(NC(=O)OC(C)(C)C)cc1. The van der Waals surface area contributed by atoms with Gasteiger partial charge in [0.05, 0.1) is 28.4 Å². The van der Waals surface area contributed by atoms with Crippen LogP contribution in [0.3, 0.4) is 0 Å². The lowest BCUT2D eigenvalue weighted by Gasteiger charge is -2.21. The van der Waals surface area contributed by atoms with Crippen molar-refractivity contribution in [1.82, 2.24) is 9.55 Å². The van der Waals surface area contributed by atoms with E-state index in [0.717, 1.165) is 4.57 Å². The molecular formula is C31H30N4O8. The van der Waals surface area contributed by atoms with E-state index in [-0.39, 0.29) is 33.5 Å². The van der Waals surface area contributed by atoms with E-state index < -0.39 is 23.2 Å². The zero-order valence-corrected chi connectivity index (χ0v) is 24.7. The molecule has 0 saturated carbocycles. The number of hydrogen-bond donors (Lipinski definition) is 1. The molecule has 12 nitrogen and oxygen atoms in total. The molecule has 2 aromatic heterocycles. The van der Waals surface area contributed by atoms with Crippen molar-refractivity contribution in [2.24, 2.45) is 0 Å². The highest BCUT2D eigenvalue weighted by Crippen LogP contribution is 2.43. The third-order valence-corrected chi connectivity index (χ3v) is 6.25. The molecule has 1 N–H and O–H groups in total. The number of aromatic nitrogens is 2. The number of nitrogens with one attached hydrogen (secondary N) is 1. The van der Waals surface area contributed by atoms with Gasteiger partial charge < -0.3 is 23.7 Å². The molecule has 2 aromatic carbocycles. The van der Waals surface area contributed by atoms with E-state index in [1.807, 2.05) is 6.07 Å². The van der Waals surface area contributed by atoms with Crippen molar-refractivity contribution < 1.29 is 33.3 Å². The number of methoxy groups -OCH3 is 4. The topological polar surface area (TPSA) is 151 Å². The molecule has 4 rings (SSSR count). The van der Waals surface area contributed by atoms with Crippen molar-refractivity contribution in [3.05, 3.63) is 70.3 Å². The summed E-state index contributed by atoms with van der Waals surface area (Å²) < 4.78 is 28.1. The maximum absolute atomic E-state index is 14.0. The molecule has 12 heteroatoms. The van der Waals surface area contributed by atoms with Gasteiger partial charge >= 0.3 is 12.1 Å². The van der Waals surface area contributed by atoms with Crippen LogP contribution in [0.4, 0.5) is 10.5 Å². The Balaban J connectivity index is 2.06. The first kappa shape index (κ1) is 30.4. The van der Waals surface area contributed by atoms with Crippen LogP contribution in [-0.4, -0.2) is 55.7 Å². The first-order valence-electron chi connectivity index (χ1n) is 12.9. The number of carbonyl (C=O) groups is 2. The molecule has 0 aliphatic carbocycles. The van der Waals surface area contributed by atoms with Crippen LogP contribution in [0, 0.1) is 11.3 Å². The van der Waals surface area contributed by atoms with E-state index in [4.69, 9.17) is 23.7 Å². The fourth-order valence-corrected chi connectivity index (χ4v) is 4.50. The van der Waals surface area contributed by atoms with Gasteiger partial charge in [0.1, 0.15) is 28.6 Å². The Morgan fingerprint density at radius 3 is 2.07 bits per heavy atom. The van der Waals surface area contributed by atoms with Crippen molar-refractivity contribution in [2.45, 2.75) is 26.4 Å². The number of benzene rings is 2. The van der Waals surface area contributed by atoms with Gasteiger partial charge in [-0.3, -0.25) is 14.7 Å². The molecule has 0 bridgehead atoms. The number of pyridine rings is 2. The molecule has 1 amide bonds. The predicted octanol–water partition coefficient (Wildman–Crippen LogP) is 5.08. The summed E-state index contributed by atoms with van der Waals surface area (Å²) >= 11 is 0. The first-order valence-corrected chi connectivity index (χ1v) is 12.9. The van der Waals surface area contributed by atoms with E-state index in [0.29, 0.717) is 28.5 Å². The Labute approximate surface area is 247 Å². The molecule has 0 unspecified atom stereocenters. The fourth-order valence-electron chi connectivity index (χ4n) is 4.50. The van der Waals surface area contributed by atoms with Gasteiger partial charge in [0, 0.05) is 22.3 Å². The van der Waals surface area contributed by atoms with Crippen molar-refractivity contribution in [2.75, 3.05) is 33.8 Å². The second-order valence-corrected chi connectivity index (χ2v) is 10.1. The molecular weight excluding hydrogens is 556 g/mol. The lowest BCUT2D eigenvalue weighted by atomic mass is 9.97. The Morgan fingerprint density at radius 1 is 0.930 bits per heavy atom. The normalized spacial score (nSPS) is 10.9. The summed E-state index contributed by atoms with van der Waals surface area (Å²) in [6.45, 7) is 5.23. The van der Waals surface area contributed by atoms with Crippen LogP contribution in [-0.2, 0) is 9.47 Å². The molecule has 0 atom stereocenters.